The van der Waals surface area contributed by atoms with Gasteiger partial charge in [-0.25, -0.2) is 0 Å². The molecule has 0 amide bonds. The topological polar surface area (TPSA) is 45.7 Å². The van der Waals surface area contributed by atoms with Gasteiger partial charge < -0.3 is 9.62 Å². The minimum Gasteiger partial charge on any atom is -0.466 e. The van der Waals surface area contributed by atoms with E-state index in [1.54, 1.807) is 0 Å². The highest BCUT2D eigenvalue weighted by Gasteiger charge is 2.09. The Kier molecular flexibility index (Phi) is 3.82. The van der Waals surface area contributed by atoms with E-state index >= 15 is 0 Å². The van der Waals surface area contributed by atoms with Gasteiger partial charge in [-0.1, -0.05) is 41.9 Å². The Hall–Kier alpha value is -2.03. The van der Waals surface area contributed by atoms with Crippen LogP contribution in [0.15, 0.2) is 46.0 Å². The standard InChI is InChI=1S/C15H17NO2/c1-3-13-8-9-14(18-13)10-15(16-17)12-6-4-11(2)5-7-12/h4-9,17H,3,10H2,1-2H3. The van der Waals surface area contributed by atoms with Crippen molar-refractivity contribution in [2.24, 2.45) is 5.16 Å². The molecule has 3 nitrogen and oxygen atoms in total. The molecule has 0 aliphatic heterocycles. The summed E-state index contributed by atoms with van der Waals surface area (Å²) < 4.78 is 5.62. The number of benzene rings is 1. The Morgan fingerprint density at radius 3 is 2.33 bits per heavy atom. The van der Waals surface area contributed by atoms with Crippen molar-refractivity contribution >= 4 is 5.71 Å². The van der Waals surface area contributed by atoms with Crippen LogP contribution in [0.1, 0.15) is 29.6 Å². The lowest BCUT2D eigenvalue weighted by Gasteiger charge is -2.03. The number of hydrogen-bond acceptors (Lipinski definition) is 3. The van der Waals surface area contributed by atoms with E-state index < -0.39 is 0 Å². The van der Waals surface area contributed by atoms with Gasteiger partial charge in [-0.2, -0.15) is 0 Å². The minimum absolute atomic E-state index is 0.500. The molecular formula is C15H17NO2. The monoisotopic (exact) mass is 243 g/mol. The molecule has 0 aliphatic rings. The van der Waals surface area contributed by atoms with Crippen molar-refractivity contribution in [3.63, 3.8) is 0 Å². The second-order valence-corrected chi connectivity index (χ2v) is 4.31. The smallest absolute Gasteiger partial charge is 0.110 e. The van der Waals surface area contributed by atoms with E-state index in [1.807, 2.05) is 50.2 Å². The van der Waals surface area contributed by atoms with Gasteiger partial charge in [0.2, 0.25) is 0 Å². The Labute approximate surface area is 107 Å². The minimum atomic E-state index is 0.500. The predicted molar refractivity (Wildman–Crippen MR) is 71.3 cm³/mol. The van der Waals surface area contributed by atoms with Crippen LogP contribution in [0.2, 0.25) is 0 Å². The number of aryl methyl sites for hydroxylation is 2. The molecular weight excluding hydrogens is 226 g/mol. The van der Waals surface area contributed by atoms with Crippen molar-refractivity contribution in [3.05, 3.63) is 59.0 Å². The third-order valence-corrected chi connectivity index (χ3v) is 2.91. The molecule has 0 fully saturated rings. The molecule has 1 aromatic heterocycles. The van der Waals surface area contributed by atoms with Crippen LogP contribution < -0.4 is 0 Å². The quantitative estimate of drug-likeness (QED) is 0.507. The lowest BCUT2D eigenvalue weighted by molar-refractivity contribution is 0.317. The van der Waals surface area contributed by atoms with E-state index in [2.05, 4.69) is 5.16 Å². The van der Waals surface area contributed by atoms with Gasteiger partial charge in [-0.15, -0.1) is 0 Å². The van der Waals surface area contributed by atoms with Crippen LogP contribution in [0, 0.1) is 6.92 Å². The van der Waals surface area contributed by atoms with E-state index in [9.17, 15) is 0 Å². The highest BCUT2D eigenvalue weighted by Crippen LogP contribution is 2.13. The van der Waals surface area contributed by atoms with Crippen LogP contribution in [-0.2, 0) is 12.8 Å². The zero-order valence-electron chi connectivity index (χ0n) is 10.7. The van der Waals surface area contributed by atoms with E-state index in [-0.39, 0.29) is 0 Å². The first-order chi connectivity index (χ1) is 8.72. The molecule has 1 N–H and O–H groups in total. The maximum atomic E-state index is 9.12. The summed E-state index contributed by atoms with van der Waals surface area (Å²) in [6.45, 7) is 4.07. The van der Waals surface area contributed by atoms with Crippen molar-refractivity contribution in [2.75, 3.05) is 0 Å². The predicted octanol–water partition coefficient (Wildman–Crippen LogP) is 3.57. The first-order valence-electron chi connectivity index (χ1n) is 6.08. The van der Waals surface area contributed by atoms with E-state index in [1.165, 1.54) is 5.56 Å². The van der Waals surface area contributed by atoms with Crippen LogP contribution >= 0.6 is 0 Å². The van der Waals surface area contributed by atoms with E-state index in [0.29, 0.717) is 12.1 Å². The Balaban J connectivity index is 2.17. The highest BCUT2D eigenvalue weighted by molar-refractivity contribution is 6.01. The van der Waals surface area contributed by atoms with Crippen molar-refractivity contribution < 1.29 is 9.62 Å². The number of rotatable bonds is 4. The zero-order valence-corrected chi connectivity index (χ0v) is 10.7. The molecule has 0 aliphatic carbocycles. The maximum absolute atomic E-state index is 9.12. The van der Waals surface area contributed by atoms with Gasteiger partial charge in [0.1, 0.15) is 11.5 Å². The third-order valence-electron chi connectivity index (χ3n) is 2.91. The van der Waals surface area contributed by atoms with Crippen molar-refractivity contribution in [2.45, 2.75) is 26.7 Å². The maximum Gasteiger partial charge on any atom is 0.110 e. The van der Waals surface area contributed by atoms with Gasteiger partial charge >= 0.3 is 0 Å². The third kappa shape index (κ3) is 2.80. The summed E-state index contributed by atoms with van der Waals surface area (Å²) in [7, 11) is 0. The summed E-state index contributed by atoms with van der Waals surface area (Å²) in [5, 5.41) is 12.5. The van der Waals surface area contributed by atoms with Gasteiger partial charge in [-0.3, -0.25) is 0 Å². The first-order valence-corrected chi connectivity index (χ1v) is 6.08. The summed E-state index contributed by atoms with van der Waals surface area (Å²) in [5.74, 6) is 1.77. The molecule has 0 radical (unpaired) electrons. The molecule has 0 saturated heterocycles. The van der Waals surface area contributed by atoms with Crippen LogP contribution in [0.3, 0.4) is 0 Å². The van der Waals surface area contributed by atoms with Gasteiger partial charge in [0.15, 0.2) is 0 Å². The molecule has 0 atom stereocenters. The molecule has 1 aromatic carbocycles. The summed E-state index contributed by atoms with van der Waals surface area (Å²) in [6.07, 6.45) is 1.37. The molecule has 2 aromatic rings. The number of nitrogens with zero attached hydrogens (tertiary/aromatic N) is 1. The van der Waals surface area contributed by atoms with E-state index in [4.69, 9.17) is 9.62 Å². The van der Waals surface area contributed by atoms with Crippen LogP contribution in [0.4, 0.5) is 0 Å². The van der Waals surface area contributed by atoms with Crippen LogP contribution in [0.5, 0.6) is 0 Å². The molecule has 0 bridgehead atoms. The number of hydrogen-bond donors (Lipinski definition) is 1. The average molecular weight is 243 g/mol. The Morgan fingerprint density at radius 1 is 1.11 bits per heavy atom. The van der Waals surface area contributed by atoms with Crippen LogP contribution in [0.25, 0.3) is 0 Å². The van der Waals surface area contributed by atoms with Gasteiger partial charge in [0, 0.05) is 6.42 Å². The van der Waals surface area contributed by atoms with Gasteiger partial charge in [0.25, 0.3) is 0 Å². The normalized spacial score (nSPS) is 11.8. The largest absolute Gasteiger partial charge is 0.466 e. The fourth-order valence-corrected chi connectivity index (χ4v) is 1.81. The zero-order chi connectivity index (χ0) is 13.0. The second-order valence-electron chi connectivity index (χ2n) is 4.31. The van der Waals surface area contributed by atoms with Crippen molar-refractivity contribution in [3.8, 4) is 0 Å². The molecule has 0 saturated carbocycles. The second kappa shape index (κ2) is 5.54. The summed E-state index contributed by atoms with van der Waals surface area (Å²) in [6, 6.07) is 11.8. The Morgan fingerprint density at radius 2 is 1.78 bits per heavy atom. The van der Waals surface area contributed by atoms with E-state index in [0.717, 1.165) is 23.5 Å². The molecule has 3 heteroatoms. The number of oxime groups is 1. The first kappa shape index (κ1) is 12.4. The van der Waals surface area contributed by atoms with Crippen molar-refractivity contribution in [1.29, 1.82) is 0 Å². The molecule has 0 spiro atoms. The fraction of sp³-hybridized carbons (Fsp3) is 0.267. The molecule has 94 valence electrons. The van der Waals surface area contributed by atoms with Crippen molar-refractivity contribution in [1.82, 2.24) is 0 Å². The summed E-state index contributed by atoms with van der Waals surface area (Å²) >= 11 is 0. The lowest BCUT2D eigenvalue weighted by Crippen LogP contribution is -2.04. The number of furan rings is 1. The summed E-state index contributed by atoms with van der Waals surface area (Å²) in [5.41, 5.74) is 2.71. The highest BCUT2D eigenvalue weighted by atomic mass is 16.4. The Bertz CT molecular complexity index is 538. The molecule has 18 heavy (non-hydrogen) atoms. The fourth-order valence-electron chi connectivity index (χ4n) is 1.81. The van der Waals surface area contributed by atoms with Gasteiger partial charge in [0.05, 0.1) is 12.1 Å². The molecule has 2 rings (SSSR count). The molecule has 1 heterocycles. The van der Waals surface area contributed by atoms with Crippen LogP contribution in [-0.4, -0.2) is 10.9 Å². The van der Waals surface area contributed by atoms with Gasteiger partial charge in [-0.05, 0) is 24.6 Å². The lowest BCUT2D eigenvalue weighted by atomic mass is 10.0. The molecule has 0 unspecified atom stereocenters. The summed E-state index contributed by atoms with van der Waals surface area (Å²) in [4.78, 5) is 0. The average Bonchev–Trinajstić information content (AvgIpc) is 2.85. The SMILES string of the molecule is CCc1ccc(CC(=NO)c2ccc(C)cc2)o1.